The third-order valence-corrected chi connectivity index (χ3v) is 6.10. The quantitative estimate of drug-likeness (QED) is 0.545. The van der Waals surface area contributed by atoms with Crippen LogP contribution in [0.2, 0.25) is 0 Å². The molecule has 0 spiro atoms. The summed E-state index contributed by atoms with van der Waals surface area (Å²) in [6, 6.07) is 3.90. The minimum Gasteiger partial charge on any atom is -0.489 e. The van der Waals surface area contributed by atoms with Gasteiger partial charge < -0.3 is 14.6 Å². The summed E-state index contributed by atoms with van der Waals surface area (Å²) in [6.45, 7) is 4.64. The second-order valence-electron chi connectivity index (χ2n) is 7.44. The van der Waals surface area contributed by atoms with Crippen LogP contribution in [0.3, 0.4) is 0 Å². The van der Waals surface area contributed by atoms with Crippen LogP contribution in [-0.2, 0) is 13.0 Å². The summed E-state index contributed by atoms with van der Waals surface area (Å²) in [5.74, 6) is 1.49. The molecule has 29 heavy (non-hydrogen) atoms. The molecule has 154 valence electrons. The van der Waals surface area contributed by atoms with Crippen LogP contribution in [0.5, 0.6) is 5.75 Å². The lowest BCUT2D eigenvalue weighted by Crippen LogP contribution is -2.19. The lowest BCUT2D eigenvalue weighted by atomic mass is 9.98. The molecule has 4 rings (SSSR count). The third kappa shape index (κ3) is 4.93. The Morgan fingerprint density at radius 3 is 2.83 bits per heavy atom. The molecule has 3 aromatic heterocycles. The number of nitrogens with one attached hydrogen (secondary N) is 1. The fraction of sp³-hybridized carbons (Fsp3) is 0.524. The van der Waals surface area contributed by atoms with Crippen molar-refractivity contribution in [2.24, 2.45) is 0 Å². The van der Waals surface area contributed by atoms with E-state index in [0.717, 1.165) is 58.5 Å². The Balaban J connectivity index is 1.43. The highest BCUT2D eigenvalue weighted by Crippen LogP contribution is 2.28. The van der Waals surface area contributed by atoms with Gasteiger partial charge in [0, 0.05) is 18.5 Å². The molecule has 1 aliphatic carbocycles. The number of rotatable bonds is 8. The monoisotopic (exact) mass is 413 g/mol. The molecular formula is C21H27N5O2S. The molecular weight excluding hydrogens is 386 g/mol. The standard InChI is InChI=1S/C21H27N5O2S/c1-3-7-19-24-25-21(29-19)23-13-17-14(2)26-28-20(17)18-11-10-16(12-22-18)27-15-8-5-4-6-9-15/h10-12,15H,3-9,13H2,1-2H3,(H,23,25). The highest BCUT2D eigenvalue weighted by atomic mass is 32.1. The summed E-state index contributed by atoms with van der Waals surface area (Å²) in [6.07, 6.45) is 10.2. The molecule has 7 nitrogen and oxygen atoms in total. The van der Waals surface area contributed by atoms with Crippen LogP contribution in [0.25, 0.3) is 11.5 Å². The van der Waals surface area contributed by atoms with Crippen LogP contribution in [0.15, 0.2) is 22.9 Å². The van der Waals surface area contributed by atoms with Crippen molar-refractivity contribution >= 4 is 16.5 Å². The smallest absolute Gasteiger partial charge is 0.205 e. The van der Waals surface area contributed by atoms with Crippen molar-refractivity contribution in [3.8, 4) is 17.2 Å². The van der Waals surface area contributed by atoms with Gasteiger partial charge in [0.25, 0.3) is 0 Å². The summed E-state index contributed by atoms with van der Waals surface area (Å²) in [5.41, 5.74) is 2.57. The molecule has 1 fully saturated rings. The molecule has 1 aliphatic rings. The van der Waals surface area contributed by atoms with Crippen LogP contribution in [0.1, 0.15) is 61.7 Å². The van der Waals surface area contributed by atoms with E-state index in [-0.39, 0.29) is 0 Å². The fourth-order valence-electron chi connectivity index (χ4n) is 3.56. The van der Waals surface area contributed by atoms with Crippen molar-refractivity contribution in [2.75, 3.05) is 5.32 Å². The summed E-state index contributed by atoms with van der Waals surface area (Å²) >= 11 is 1.59. The molecule has 0 amide bonds. The zero-order chi connectivity index (χ0) is 20.1. The van der Waals surface area contributed by atoms with Gasteiger partial charge in [-0.25, -0.2) is 4.98 Å². The van der Waals surface area contributed by atoms with Gasteiger partial charge >= 0.3 is 0 Å². The normalized spacial score (nSPS) is 14.8. The van der Waals surface area contributed by atoms with E-state index in [4.69, 9.17) is 9.26 Å². The summed E-state index contributed by atoms with van der Waals surface area (Å²) in [7, 11) is 0. The SMILES string of the molecule is CCCc1nnc(NCc2c(C)noc2-c2ccc(OC3CCCCC3)cn2)s1. The fourth-order valence-corrected chi connectivity index (χ4v) is 4.40. The molecule has 8 heteroatoms. The van der Waals surface area contributed by atoms with Crippen molar-refractivity contribution in [2.45, 2.75) is 71.4 Å². The van der Waals surface area contributed by atoms with E-state index in [1.54, 1.807) is 17.5 Å². The Morgan fingerprint density at radius 2 is 2.07 bits per heavy atom. The van der Waals surface area contributed by atoms with Gasteiger partial charge in [0.1, 0.15) is 16.5 Å². The van der Waals surface area contributed by atoms with Gasteiger partial charge in [-0.3, -0.25) is 0 Å². The lowest BCUT2D eigenvalue weighted by molar-refractivity contribution is 0.154. The first-order valence-corrected chi connectivity index (χ1v) is 11.2. The summed E-state index contributed by atoms with van der Waals surface area (Å²) in [4.78, 5) is 4.56. The van der Waals surface area contributed by atoms with Crippen molar-refractivity contribution in [3.63, 3.8) is 0 Å². The Morgan fingerprint density at radius 1 is 1.21 bits per heavy atom. The van der Waals surface area contributed by atoms with E-state index in [0.29, 0.717) is 18.4 Å². The number of nitrogens with zero attached hydrogens (tertiary/aromatic N) is 4. The van der Waals surface area contributed by atoms with E-state index >= 15 is 0 Å². The second kappa shape index (κ2) is 9.35. The molecule has 0 atom stereocenters. The average molecular weight is 414 g/mol. The van der Waals surface area contributed by atoms with Crippen LogP contribution in [-0.4, -0.2) is 26.4 Å². The minimum absolute atomic E-state index is 0.313. The van der Waals surface area contributed by atoms with E-state index in [1.165, 1.54) is 19.3 Å². The van der Waals surface area contributed by atoms with Crippen LogP contribution in [0.4, 0.5) is 5.13 Å². The highest BCUT2D eigenvalue weighted by Gasteiger charge is 2.18. The van der Waals surface area contributed by atoms with Crippen molar-refractivity contribution < 1.29 is 9.26 Å². The Kier molecular flexibility index (Phi) is 6.39. The maximum absolute atomic E-state index is 6.07. The van der Waals surface area contributed by atoms with Crippen molar-refractivity contribution in [1.82, 2.24) is 20.3 Å². The van der Waals surface area contributed by atoms with Gasteiger partial charge in [-0.2, -0.15) is 0 Å². The number of pyridine rings is 1. The number of aryl methyl sites for hydroxylation is 2. The predicted molar refractivity (Wildman–Crippen MR) is 113 cm³/mol. The first-order chi connectivity index (χ1) is 14.2. The molecule has 0 saturated heterocycles. The second-order valence-corrected chi connectivity index (χ2v) is 8.50. The Labute approximate surface area is 174 Å². The number of ether oxygens (including phenoxy) is 1. The Hall–Kier alpha value is -2.48. The van der Waals surface area contributed by atoms with E-state index in [1.807, 2.05) is 19.1 Å². The molecule has 0 radical (unpaired) electrons. The van der Waals surface area contributed by atoms with E-state index in [2.05, 4.69) is 32.6 Å². The number of anilines is 1. The number of hydrogen-bond acceptors (Lipinski definition) is 8. The molecule has 0 unspecified atom stereocenters. The number of hydrogen-bond donors (Lipinski definition) is 1. The molecule has 0 bridgehead atoms. The first-order valence-electron chi connectivity index (χ1n) is 10.4. The molecule has 0 aromatic carbocycles. The highest BCUT2D eigenvalue weighted by molar-refractivity contribution is 7.15. The van der Waals surface area contributed by atoms with Crippen molar-refractivity contribution in [3.05, 3.63) is 34.6 Å². The van der Waals surface area contributed by atoms with Crippen LogP contribution < -0.4 is 10.1 Å². The minimum atomic E-state index is 0.313. The predicted octanol–water partition coefficient (Wildman–Crippen LogP) is 5.17. The first kappa shape index (κ1) is 19.8. The molecule has 1 N–H and O–H groups in total. The van der Waals surface area contributed by atoms with Gasteiger partial charge in [-0.15, -0.1) is 10.2 Å². The topological polar surface area (TPSA) is 86.0 Å². The largest absolute Gasteiger partial charge is 0.489 e. The van der Waals surface area contributed by atoms with E-state index < -0.39 is 0 Å². The number of aromatic nitrogens is 4. The zero-order valence-electron chi connectivity index (χ0n) is 17.0. The maximum Gasteiger partial charge on any atom is 0.205 e. The van der Waals surface area contributed by atoms with Gasteiger partial charge in [-0.05, 0) is 51.2 Å². The molecule has 1 saturated carbocycles. The Bertz CT molecular complexity index is 916. The summed E-state index contributed by atoms with van der Waals surface area (Å²) in [5, 5.41) is 17.7. The van der Waals surface area contributed by atoms with Gasteiger partial charge in [-0.1, -0.05) is 29.8 Å². The maximum atomic E-state index is 6.07. The van der Waals surface area contributed by atoms with Crippen LogP contribution >= 0.6 is 11.3 Å². The molecule has 0 aliphatic heterocycles. The average Bonchev–Trinajstić information content (AvgIpc) is 3.34. The lowest BCUT2D eigenvalue weighted by Gasteiger charge is -2.22. The molecule has 3 aromatic rings. The van der Waals surface area contributed by atoms with Crippen LogP contribution in [0, 0.1) is 6.92 Å². The zero-order valence-corrected chi connectivity index (χ0v) is 17.8. The summed E-state index contributed by atoms with van der Waals surface area (Å²) < 4.78 is 11.7. The van der Waals surface area contributed by atoms with Gasteiger partial charge in [0.05, 0.1) is 18.0 Å². The van der Waals surface area contributed by atoms with Crippen molar-refractivity contribution in [1.29, 1.82) is 0 Å². The molecule has 3 heterocycles. The van der Waals surface area contributed by atoms with Gasteiger partial charge in [0.2, 0.25) is 5.13 Å². The third-order valence-electron chi connectivity index (χ3n) is 5.16. The van der Waals surface area contributed by atoms with E-state index in [9.17, 15) is 0 Å². The van der Waals surface area contributed by atoms with Gasteiger partial charge in [0.15, 0.2) is 5.76 Å².